The Bertz CT molecular complexity index is 196. The zero-order valence-corrected chi connectivity index (χ0v) is 10.3. The van der Waals surface area contributed by atoms with Gasteiger partial charge in [0.25, 0.3) is 0 Å². The van der Waals surface area contributed by atoms with Crippen LogP contribution in [0.2, 0.25) is 0 Å². The van der Waals surface area contributed by atoms with Gasteiger partial charge in [0.15, 0.2) is 0 Å². The van der Waals surface area contributed by atoms with E-state index >= 15 is 0 Å². The van der Waals surface area contributed by atoms with E-state index < -0.39 is 0 Å². The number of piperidine rings is 1. The van der Waals surface area contributed by atoms with Crippen LogP contribution in [0, 0.1) is 0 Å². The summed E-state index contributed by atoms with van der Waals surface area (Å²) in [5, 5.41) is 3.00. The van der Waals surface area contributed by atoms with Gasteiger partial charge in [-0.2, -0.15) is 0 Å². The molecule has 0 aromatic heterocycles. The fourth-order valence-electron chi connectivity index (χ4n) is 2.28. The molecule has 1 heterocycles. The number of carbonyl (C=O) groups is 1. The van der Waals surface area contributed by atoms with Crippen LogP contribution in [-0.2, 0) is 0 Å². The lowest BCUT2D eigenvalue weighted by Crippen LogP contribution is -2.51. The summed E-state index contributed by atoms with van der Waals surface area (Å²) in [6.45, 7) is 7.24. The van der Waals surface area contributed by atoms with Crippen LogP contribution in [0.15, 0.2) is 0 Å². The first-order valence-corrected chi connectivity index (χ1v) is 6.23. The molecule has 3 nitrogen and oxygen atoms in total. The van der Waals surface area contributed by atoms with Crippen molar-refractivity contribution in [2.24, 2.45) is 0 Å². The molecule has 2 unspecified atom stereocenters. The molecule has 0 aliphatic carbocycles. The van der Waals surface area contributed by atoms with Gasteiger partial charge in [-0.05, 0) is 39.5 Å². The quantitative estimate of drug-likeness (QED) is 0.717. The van der Waals surface area contributed by atoms with Crippen molar-refractivity contribution in [1.29, 1.82) is 0 Å². The SMILES string of the molecule is CCCCNC(=O)N1C(C)CCCC1C. The Hall–Kier alpha value is -0.730. The van der Waals surface area contributed by atoms with Gasteiger partial charge in [-0.15, -0.1) is 0 Å². The first-order chi connectivity index (χ1) is 7.16. The summed E-state index contributed by atoms with van der Waals surface area (Å²) in [6.07, 6.45) is 5.74. The summed E-state index contributed by atoms with van der Waals surface area (Å²) in [5.41, 5.74) is 0. The molecule has 1 aliphatic rings. The van der Waals surface area contributed by atoms with Crippen molar-refractivity contribution < 1.29 is 4.79 Å². The van der Waals surface area contributed by atoms with Gasteiger partial charge in [0, 0.05) is 18.6 Å². The fourth-order valence-corrected chi connectivity index (χ4v) is 2.28. The zero-order valence-electron chi connectivity index (χ0n) is 10.3. The Balaban J connectivity index is 2.41. The van der Waals surface area contributed by atoms with Crippen LogP contribution < -0.4 is 5.32 Å². The number of hydrogen-bond acceptors (Lipinski definition) is 1. The molecule has 0 aromatic carbocycles. The molecule has 0 saturated carbocycles. The Morgan fingerprint density at radius 2 is 1.93 bits per heavy atom. The topological polar surface area (TPSA) is 32.3 Å². The van der Waals surface area contributed by atoms with Gasteiger partial charge in [0.05, 0.1) is 0 Å². The van der Waals surface area contributed by atoms with Gasteiger partial charge in [0.1, 0.15) is 0 Å². The van der Waals surface area contributed by atoms with Crippen molar-refractivity contribution in [1.82, 2.24) is 10.2 Å². The van der Waals surface area contributed by atoms with Crippen molar-refractivity contribution in [2.75, 3.05) is 6.54 Å². The van der Waals surface area contributed by atoms with Gasteiger partial charge < -0.3 is 10.2 Å². The van der Waals surface area contributed by atoms with Crippen molar-refractivity contribution in [3.63, 3.8) is 0 Å². The van der Waals surface area contributed by atoms with Crippen LogP contribution in [-0.4, -0.2) is 29.6 Å². The van der Waals surface area contributed by atoms with E-state index in [2.05, 4.69) is 26.1 Å². The molecule has 88 valence electrons. The molecule has 3 heteroatoms. The second-order valence-electron chi connectivity index (χ2n) is 4.62. The van der Waals surface area contributed by atoms with E-state index in [1.165, 1.54) is 6.42 Å². The normalized spacial score (nSPS) is 26.5. The van der Waals surface area contributed by atoms with Crippen LogP contribution in [0.5, 0.6) is 0 Å². The van der Waals surface area contributed by atoms with E-state index in [0.29, 0.717) is 12.1 Å². The minimum Gasteiger partial charge on any atom is -0.338 e. The minimum absolute atomic E-state index is 0.128. The lowest BCUT2D eigenvalue weighted by atomic mass is 9.98. The molecule has 0 spiro atoms. The van der Waals surface area contributed by atoms with E-state index in [0.717, 1.165) is 32.2 Å². The number of carbonyl (C=O) groups excluding carboxylic acids is 1. The monoisotopic (exact) mass is 212 g/mol. The number of rotatable bonds is 3. The van der Waals surface area contributed by atoms with Gasteiger partial charge >= 0.3 is 6.03 Å². The molecule has 0 aromatic rings. The number of urea groups is 1. The molecular formula is C12H24N2O. The van der Waals surface area contributed by atoms with Gasteiger partial charge in [0.2, 0.25) is 0 Å². The summed E-state index contributed by atoms with van der Waals surface area (Å²) >= 11 is 0. The van der Waals surface area contributed by atoms with E-state index in [4.69, 9.17) is 0 Å². The maximum Gasteiger partial charge on any atom is 0.317 e. The predicted molar refractivity (Wildman–Crippen MR) is 62.9 cm³/mol. The maximum atomic E-state index is 11.9. The molecule has 1 rings (SSSR count). The van der Waals surface area contributed by atoms with Crippen molar-refractivity contribution in [2.45, 2.75) is 65.0 Å². The Morgan fingerprint density at radius 3 is 2.47 bits per heavy atom. The average molecular weight is 212 g/mol. The van der Waals surface area contributed by atoms with Crippen LogP contribution in [0.3, 0.4) is 0 Å². The third-order valence-electron chi connectivity index (χ3n) is 3.23. The third kappa shape index (κ3) is 3.40. The van der Waals surface area contributed by atoms with Crippen molar-refractivity contribution >= 4 is 6.03 Å². The second-order valence-corrected chi connectivity index (χ2v) is 4.62. The lowest BCUT2D eigenvalue weighted by molar-refractivity contribution is 0.123. The molecule has 1 N–H and O–H groups in total. The van der Waals surface area contributed by atoms with E-state index in [-0.39, 0.29) is 6.03 Å². The molecule has 0 bridgehead atoms. The fraction of sp³-hybridized carbons (Fsp3) is 0.917. The smallest absolute Gasteiger partial charge is 0.317 e. The molecule has 2 atom stereocenters. The molecule has 1 aliphatic heterocycles. The summed E-state index contributed by atoms with van der Waals surface area (Å²) < 4.78 is 0. The molecule has 1 fully saturated rings. The number of unbranched alkanes of at least 4 members (excludes halogenated alkanes) is 1. The number of likely N-dealkylation sites (tertiary alicyclic amines) is 1. The van der Waals surface area contributed by atoms with Crippen molar-refractivity contribution in [3.05, 3.63) is 0 Å². The van der Waals surface area contributed by atoms with Gasteiger partial charge in [-0.3, -0.25) is 0 Å². The standard InChI is InChI=1S/C12H24N2O/c1-4-5-9-13-12(15)14-10(2)7-6-8-11(14)3/h10-11H,4-9H2,1-3H3,(H,13,15). The Kier molecular flexibility index (Phi) is 4.92. The minimum atomic E-state index is 0.128. The molecule has 2 amide bonds. The highest BCUT2D eigenvalue weighted by Crippen LogP contribution is 2.22. The molecule has 1 saturated heterocycles. The first kappa shape index (κ1) is 12.3. The zero-order chi connectivity index (χ0) is 11.3. The highest BCUT2D eigenvalue weighted by molar-refractivity contribution is 5.74. The van der Waals surface area contributed by atoms with Crippen molar-refractivity contribution in [3.8, 4) is 0 Å². The van der Waals surface area contributed by atoms with Crippen LogP contribution in [0.4, 0.5) is 4.79 Å². The summed E-state index contributed by atoms with van der Waals surface area (Å²) in [7, 11) is 0. The van der Waals surface area contributed by atoms with Gasteiger partial charge in [-0.25, -0.2) is 4.79 Å². The highest BCUT2D eigenvalue weighted by Gasteiger charge is 2.28. The Morgan fingerprint density at radius 1 is 1.33 bits per heavy atom. The summed E-state index contributed by atoms with van der Waals surface area (Å²) in [5.74, 6) is 0. The van der Waals surface area contributed by atoms with Crippen LogP contribution in [0.25, 0.3) is 0 Å². The average Bonchev–Trinajstić information content (AvgIpc) is 2.18. The van der Waals surface area contributed by atoms with E-state index in [9.17, 15) is 4.79 Å². The highest BCUT2D eigenvalue weighted by atomic mass is 16.2. The molecular weight excluding hydrogens is 188 g/mol. The Labute approximate surface area is 93.2 Å². The second kappa shape index (κ2) is 5.99. The lowest BCUT2D eigenvalue weighted by Gasteiger charge is -2.38. The number of nitrogens with zero attached hydrogens (tertiary/aromatic N) is 1. The molecule has 0 radical (unpaired) electrons. The predicted octanol–water partition coefficient (Wildman–Crippen LogP) is 2.76. The summed E-state index contributed by atoms with van der Waals surface area (Å²) in [4.78, 5) is 13.9. The van der Waals surface area contributed by atoms with Crippen LogP contribution in [0.1, 0.15) is 52.9 Å². The maximum absolute atomic E-state index is 11.9. The third-order valence-corrected chi connectivity index (χ3v) is 3.23. The molecule has 15 heavy (non-hydrogen) atoms. The largest absolute Gasteiger partial charge is 0.338 e. The van der Waals surface area contributed by atoms with E-state index in [1.54, 1.807) is 0 Å². The van der Waals surface area contributed by atoms with Gasteiger partial charge in [-0.1, -0.05) is 13.3 Å². The summed E-state index contributed by atoms with van der Waals surface area (Å²) in [6, 6.07) is 0.925. The van der Waals surface area contributed by atoms with E-state index in [1.807, 2.05) is 4.90 Å². The number of nitrogens with one attached hydrogen (secondary N) is 1. The first-order valence-electron chi connectivity index (χ1n) is 6.23. The number of hydrogen-bond donors (Lipinski definition) is 1. The van der Waals surface area contributed by atoms with Crippen LogP contribution >= 0.6 is 0 Å². The number of amides is 2.